The van der Waals surface area contributed by atoms with Crippen molar-refractivity contribution in [2.24, 2.45) is 0 Å². The van der Waals surface area contributed by atoms with Crippen molar-refractivity contribution in [3.05, 3.63) is 40.9 Å². The molecule has 1 aromatic carbocycles. The smallest absolute Gasteiger partial charge is 0.234 e. The van der Waals surface area contributed by atoms with E-state index < -0.39 is 17.5 Å². The Morgan fingerprint density at radius 1 is 1.30 bits per heavy atom. The van der Waals surface area contributed by atoms with E-state index in [-0.39, 0.29) is 29.3 Å². The molecule has 0 radical (unpaired) electrons. The zero-order valence-electron chi connectivity index (χ0n) is 15.6. The van der Waals surface area contributed by atoms with Crippen LogP contribution in [0.2, 0.25) is 0 Å². The molecule has 2 rings (SSSR count). The summed E-state index contributed by atoms with van der Waals surface area (Å²) >= 11 is 1.17. The third-order valence-corrected chi connectivity index (χ3v) is 4.37. The molecule has 2 amide bonds. The lowest BCUT2D eigenvalue weighted by molar-refractivity contribution is -0.122. The second-order valence-corrected chi connectivity index (χ2v) is 7.30. The molecule has 9 heteroatoms. The number of thiazole rings is 1. The van der Waals surface area contributed by atoms with Crippen LogP contribution in [-0.2, 0) is 16.1 Å². The molecule has 2 aromatic rings. The summed E-state index contributed by atoms with van der Waals surface area (Å²) in [6, 6.07) is 3.08. The zero-order valence-corrected chi connectivity index (χ0v) is 16.4. The third-order valence-electron chi connectivity index (χ3n) is 3.49. The summed E-state index contributed by atoms with van der Waals surface area (Å²) < 4.78 is 27.3. The predicted octanol–water partition coefficient (Wildman–Crippen LogP) is 3.06. The van der Waals surface area contributed by atoms with Gasteiger partial charge < -0.3 is 5.32 Å². The van der Waals surface area contributed by atoms with Crippen LogP contribution in [0.4, 0.5) is 19.6 Å². The quantitative estimate of drug-likeness (QED) is 0.781. The van der Waals surface area contributed by atoms with Crippen molar-refractivity contribution in [3.63, 3.8) is 0 Å². The van der Waals surface area contributed by atoms with Gasteiger partial charge in [0, 0.05) is 31.0 Å². The number of nitrogens with one attached hydrogen (secondary N) is 1. The molecule has 27 heavy (non-hydrogen) atoms. The van der Waals surface area contributed by atoms with Crippen LogP contribution in [-0.4, -0.2) is 41.3 Å². The average molecular weight is 396 g/mol. The summed E-state index contributed by atoms with van der Waals surface area (Å²) in [7, 11) is 1.78. The molecule has 0 fully saturated rings. The Balaban J connectivity index is 2.14. The average Bonchev–Trinajstić information content (AvgIpc) is 2.96. The predicted molar refractivity (Wildman–Crippen MR) is 101 cm³/mol. The van der Waals surface area contributed by atoms with Gasteiger partial charge in [-0.25, -0.2) is 13.8 Å². The number of rotatable bonds is 7. The van der Waals surface area contributed by atoms with E-state index in [1.54, 1.807) is 17.3 Å². The minimum atomic E-state index is -0.843. The van der Waals surface area contributed by atoms with Crippen LogP contribution in [0.15, 0.2) is 23.6 Å². The molecule has 0 bridgehead atoms. The van der Waals surface area contributed by atoms with Gasteiger partial charge in [-0.3, -0.25) is 19.4 Å². The minimum Gasteiger partial charge on any atom is -0.353 e. The molecule has 0 saturated carbocycles. The molecule has 0 saturated heterocycles. The van der Waals surface area contributed by atoms with Crippen LogP contribution in [0.25, 0.3) is 0 Å². The van der Waals surface area contributed by atoms with E-state index >= 15 is 0 Å². The molecule has 0 unspecified atom stereocenters. The van der Waals surface area contributed by atoms with Gasteiger partial charge in [-0.15, -0.1) is 11.3 Å². The van der Waals surface area contributed by atoms with Crippen molar-refractivity contribution in [1.29, 1.82) is 0 Å². The summed E-state index contributed by atoms with van der Waals surface area (Å²) in [5.74, 6) is -2.10. The number of halogens is 2. The molecule has 0 atom stereocenters. The van der Waals surface area contributed by atoms with E-state index in [9.17, 15) is 18.4 Å². The number of likely N-dealkylation sites (N-methyl/N-ethyl adjacent to an activating group) is 1. The Kier molecular flexibility index (Phi) is 6.98. The van der Waals surface area contributed by atoms with Gasteiger partial charge in [0.15, 0.2) is 5.13 Å². The Hall–Kier alpha value is -2.39. The first-order valence-electron chi connectivity index (χ1n) is 8.35. The van der Waals surface area contributed by atoms with E-state index in [0.717, 1.165) is 17.0 Å². The lowest BCUT2D eigenvalue weighted by atomic mass is 10.2. The number of hydrogen-bond acceptors (Lipinski definition) is 5. The highest BCUT2D eigenvalue weighted by Crippen LogP contribution is 2.31. The third kappa shape index (κ3) is 5.80. The summed E-state index contributed by atoms with van der Waals surface area (Å²) in [6.45, 7) is 5.64. The summed E-state index contributed by atoms with van der Waals surface area (Å²) in [5, 5.41) is 4.83. The van der Waals surface area contributed by atoms with E-state index in [1.807, 2.05) is 13.8 Å². The van der Waals surface area contributed by atoms with Gasteiger partial charge in [0.25, 0.3) is 0 Å². The Morgan fingerprint density at radius 2 is 2.00 bits per heavy atom. The van der Waals surface area contributed by atoms with Crippen LogP contribution in [0.5, 0.6) is 0 Å². The van der Waals surface area contributed by atoms with Gasteiger partial charge in [-0.05, 0) is 33.0 Å². The first-order valence-corrected chi connectivity index (χ1v) is 9.23. The topological polar surface area (TPSA) is 65.5 Å². The second-order valence-electron chi connectivity index (χ2n) is 6.47. The Labute approximate surface area is 160 Å². The van der Waals surface area contributed by atoms with Crippen LogP contribution in [0.3, 0.4) is 0 Å². The van der Waals surface area contributed by atoms with Crippen LogP contribution in [0, 0.1) is 11.6 Å². The maximum atomic E-state index is 14.1. The van der Waals surface area contributed by atoms with Crippen molar-refractivity contribution in [1.82, 2.24) is 15.2 Å². The first kappa shape index (κ1) is 20.9. The van der Waals surface area contributed by atoms with Crippen molar-refractivity contribution in [2.75, 3.05) is 18.5 Å². The van der Waals surface area contributed by atoms with Gasteiger partial charge in [0.1, 0.15) is 11.6 Å². The number of carbonyl (C=O) groups is 2. The maximum absolute atomic E-state index is 14.1. The summed E-state index contributed by atoms with van der Waals surface area (Å²) in [5.41, 5.74) is 0.582. The van der Waals surface area contributed by atoms with E-state index in [1.165, 1.54) is 24.3 Å². The highest BCUT2D eigenvalue weighted by atomic mass is 32.1. The van der Waals surface area contributed by atoms with Crippen molar-refractivity contribution in [2.45, 2.75) is 33.4 Å². The van der Waals surface area contributed by atoms with Crippen molar-refractivity contribution < 1.29 is 18.4 Å². The number of benzene rings is 1. The fraction of sp³-hybridized carbons (Fsp3) is 0.389. The van der Waals surface area contributed by atoms with Crippen LogP contribution < -0.4 is 10.2 Å². The molecule has 1 N–H and O–H groups in total. The second kappa shape index (κ2) is 9.01. The van der Waals surface area contributed by atoms with Gasteiger partial charge in [0.2, 0.25) is 11.8 Å². The summed E-state index contributed by atoms with van der Waals surface area (Å²) in [6.07, 6.45) is 0. The first-order chi connectivity index (χ1) is 12.7. The van der Waals surface area contributed by atoms with Gasteiger partial charge >= 0.3 is 0 Å². The lowest BCUT2D eigenvalue weighted by Gasteiger charge is -2.19. The number of nitrogens with zero attached hydrogens (tertiary/aromatic N) is 3. The molecule has 0 aliphatic rings. The van der Waals surface area contributed by atoms with Gasteiger partial charge in [-0.1, -0.05) is 0 Å². The van der Waals surface area contributed by atoms with Gasteiger partial charge in [0.05, 0.1) is 17.9 Å². The van der Waals surface area contributed by atoms with E-state index in [4.69, 9.17) is 0 Å². The molecule has 0 aliphatic carbocycles. The molecule has 6 nitrogen and oxygen atoms in total. The molecule has 0 spiro atoms. The number of anilines is 2. The highest BCUT2D eigenvalue weighted by Gasteiger charge is 2.22. The van der Waals surface area contributed by atoms with Crippen LogP contribution in [0.1, 0.15) is 26.5 Å². The van der Waals surface area contributed by atoms with Crippen LogP contribution >= 0.6 is 11.3 Å². The highest BCUT2D eigenvalue weighted by molar-refractivity contribution is 7.14. The fourth-order valence-electron chi connectivity index (χ4n) is 2.49. The normalized spacial score (nSPS) is 11.1. The Bertz CT molecular complexity index is 825. The molecule has 1 aromatic heterocycles. The number of aromatic nitrogens is 1. The number of carbonyl (C=O) groups excluding carboxylic acids is 2. The Morgan fingerprint density at radius 3 is 2.59 bits per heavy atom. The van der Waals surface area contributed by atoms with Crippen molar-refractivity contribution in [3.8, 4) is 0 Å². The fourth-order valence-corrected chi connectivity index (χ4v) is 3.36. The number of amides is 2. The molecule has 146 valence electrons. The largest absolute Gasteiger partial charge is 0.353 e. The van der Waals surface area contributed by atoms with Crippen molar-refractivity contribution >= 4 is 34.0 Å². The minimum absolute atomic E-state index is 0.0607. The standard InChI is InChI=1S/C18H22F2N4O2S/c1-11(2)21-17(26)9-23(4)8-14-10-27-18(22-14)24(12(3)25)16-6-5-13(19)7-15(16)20/h5-7,10-11H,8-9H2,1-4H3,(H,21,26). The van der Waals surface area contributed by atoms with Gasteiger partial charge in [-0.2, -0.15) is 0 Å². The molecule has 1 heterocycles. The SMILES string of the molecule is CC(=O)N(c1nc(CN(C)CC(=O)NC(C)C)cs1)c1ccc(F)cc1F. The molecular formula is C18H22F2N4O2S. The molecule has 0 aliphatic heterocycles. The summed E-state index contributed by atoms with van der Waals surface area (Å²) in [4.78, 5) is 31.1. The monoisotopic (exact) mass is 396 g/mol. The van der Waals surface area contributed by atoms with E-state index in [0.29, 0.717) is 12.2 Å². The van der Waals surface area contributed by atoms with E-state index in [2.05, 4.69) is 10.3 Å². The lowest BCUT2D eigenvalue weighted by Crippen LogP contribution is -2.38. The zero-order chi connectivity index (χ0) is 20.1. The maximum Gasteiger partial charge on any atom is 0.234 e. The number of hydrogen-bond donors (Lipinski definition) is 1. The molecular weight excluding hydrogens is 374 g/mol.